The fraction of sp³-hybridized carbons (Fsp3) is 0.929. The minimum Gasteiger partial charge on any atom is -0.396 e. The van der Waals surface area contributed by atoms with Gasteiger partial charge < -0.3 is 14.9 Å². The molecule has 2 saturated heterocycles. The number of amides is 2. The highest BCUT2D eigenvalue weighted by Crippen LogP contribution is 2.23. The Morgan fingerprint density at radius 1 is 1.17 bits per heavy atom. The molecule has 1 unspecified atom stereocenters. The van der Waals surface area contributed by atoms with E-state index in [1.165, 1.54) is 6.42 Å². The molecule has 4 heteroatoms. The molecular formula is C14H26N2O2. The van der Waals surface area contributed by atoms with Gasteiger partial charge in [-0.15, -0.1) is 0 Å². The number of urea groups is 1. The van der Waals surface area contributed by atoms with Crippen LogP contribution in [0.1, 0.15) is 45.4 Å². The molecule has 0 radical (unpaired) electrons. The predicted molar refractivity (Wildman–Crippen MR) is 71.4 cm³/mol. The molecule has 2 aliphatic rings. The molecule has 0 aromatic rings. The van der Waals surface area contributed by atoms with Gasteiger partial charge in [0.2, 0.25) is 0 Å². The highest BCUT2D eigenvalue weighted by molar-refractivity contribution is 5.75. The minimum atomic E-state index is 0.186. The Kier molecular flexibility index (Phi) is 4.87. The molecule has 1 atom stereocenters. The van der Waals surface area contributed by atoms with Crippen LogP contribution in [-0.2, 0) is 0 Å². The van der Waals surface area contributed by atoms with Crippen LogP contribution >= 0.6 is 0 Å². The molecule has 104 valence electrons. The molecule has 2 fully saturated rings. The second-order valence-electron chi connectivity index (χ2n) is 5.81. The van der Waals surface area contributed by atoms with Crippen LogP contribution in [0.4, 0.5) is 4.79 Å². The van der Waals surface area contributed by atoms with Crippen LogP contribution in [0.5, 0.6) is 0 Å². The maximum atomic E-state index is 12.5. The van der Waals surface area contributed by atoms with Crippen molar-refractivity contribution in [3.05, 3.63) is 0 Å². The molecule has 0 saturated carbocycles. The third kappa shape index (κ3) is 3.16. The average Bonchev–Trinajstić information content (AvgIpc) is 2.40. The van der Waals surface area contributed by atoms with E-state index in [1.54, 1.807) is 0 Å². The normalized spacial score (nSPS) is 26.4. The van der Waals surface area contributed by atoms with E-state index < -0.39 is 0 Å². The number of aliphatic hydroxyl groups excluding tert-OH is 1. The lowest BCUT2D eigenvalue weighted by atomic mass is 9.98. The summed E-state index contributed by atoms with van der Waals surface area (Å²) >= 11 is 0. The molecule has 2 aliphatic heterocycles. The van der Waals surface area contributed by atoms with Crippen LogP contribution in [0.2, 0.25) is 0 Å². The number of hydrogen-bond donors (Lipinski definition) is 1. The van der Waals surface area contributed by atoms with Crippen molar-refractivity contribution >= 4 is 6.03 Å². The van der Waals surface area contributed by atoms with Crippen molar-refractivity contribution in [1.29, 1.82) is 0 Å². The standard InChI is InChI=1S/C14H26N2O2/c1-12-5-9-15(10-6-12)14(18)16-8-3-2-4-13(16)7-11-17/h12-13,17H,2-11H2,1H3. The maximum Gasteiger partial charge on any atom is 0.320 e. The fourth-order valence-corrected chi connectivity index (χ4v) is 3.08. The van der Waals surface area contributed by atoms with Crippen LogP contribution in [0, 0.1) is 5.92 Å². The molecule has 0 bridgehead atoms. The highest BCUT2D eigenvalue weighted by atomic mass is 16.3. The van der Waals surface area contributed by atoms with E-state index >= 15 is 0 Å². The molecule has 2 rings (SSSR count). The van der Waals surface area contributed by atoms with Gasteiger partial charge in [0.05, 0.1) is 0 Å². The van der Waals surface area contributed by atoms with E-state index in [0.717, 1.165) is 57.7 Å². The number of likely N-dealkylation sites (tertiary alicyclic amines) is 2. The van der Waals surface area contributed by atoms with Crippen molar-refractivity contribution in [2.75, 3.05) is 26.2 Å². The van der Waals surface area contributed by atoms with Gasteiger partial charge in [0.25, 0.3) is 0 Å². The van der Waals surface area contributed by atoms with Crippen LogP contribution in [0.15, 0.2) is 0 Å². The van der Waals surface area contributed by atoms with Gasteiger partial charge >= 0.3 is 6.03 Å². The monoisotopic (exact) mass is 254 g/mol. The second kappa shape index (κ2) is 6.41. The Hall–Kier alpha value is -0.770. The largest absolute Gasteiger partial charge is 0.396 e. The molecular weight excluding hydrogens is 228 g/mol. The number of piperidine rings is 2. The zero-order chi connectivity index (χ0) is 13.0. The Bertz CT molecular complexity index is 273. The van der Waals surface area contributed by atoms with Crippen LogP contribution < -0.4 is 0 Å². The Balaban J connectivity index is 1.93. The number of carbonyl (C=O) groups excluding carboxylic acids is 1. The van der Waals surface area contributed by atoms with Gasteiger partial charge in [-0.2, -0.15) is 0 Å². The van der Waals surface area contributed by atoms with Crippen LogP contribution in [-0.4, -0.2) is 53.2 Å². The van der Waals surface area contributed by atoms with Crippen molar-refractivity contribution in [3.63, 3.8) is 0 Å². The summed E-state index contributed by atoms with van der Waals surface area (Å²) in [6.45, 7) is 5.13. The first-order valence-electron chi connectivity index (χ1n) is 7.38. The fourth-order valence-electron chi connectivity index (χ4n) is 3.08. The number of carbonyl (C=O) groups is 1. The topological polar surface area (TPSA) is 43.8 Å². The van der Waals surface area contributed by atoms with Crippen molar-refractivity contribution in [2.24, 2.45) is 5.92 Å². The van der Waals surface area contributed by atoms with Crippen molar-refractivity contribution in [1.82, 2.24) is 9.80 Å². The van der Waals surface area contributed by atoms with Crippen molar-refractivity contribution in [2.45, 2.75) is 51.5 Å². The van der Waals surface area contributed by atoms with Gasteiger partial charge in [0, 0.05) is 32.3 Å². The minimum absolute atomic E-state index is 0.186. The molecule has 0 aromatic carbocycles. The lowest BCUT2D eigenvalue weighted by Gasteiger charge is -2.40. The summed E-state index contributed by atoms with van der Waals surface area (Å²) in [5, 5.41) is 9.11. The molecule has 0 aromatic heterocycles. The highest BCUT2D eigenvalue weighted by Gasteiger charge is 2.30. The average molecular weight is 254 g/mol. The number of rotatable bonds is 2. The Morgan fingerprint density at radius 2 is 1.89 bits per heavy atom. The van der Waals surface area contributed by atoms with E-state index in [9.17, 15) is 4.79 Å². The summed E-state index contributed by atoms with van der Waals surface area (Å²) in [7, 11) is 0. The first kappa shape index (κ1) is 13.7. The third-order valence-corrected chi connectivity index (χ3v) is 4.39. The molecule has 2 amide bonds. The Morgan fingerprint density at radius 3 is 2.56 bits per heavy atom. The SMILES string of the molecule is CC1CCN(C(=O)N2CCCCC2CCO)CC1. The summed E-state index contributed by atoms with van der Waals surface area (Å²) in [5.74, 6) is 0.753. The van der Waals surface area contributed by atoms with Gasteiger partial charge in [-0.05, 0) is 44.4 Å². The molecule has 0 spiro atoms. The van der Waals surface area contributed by atoms with Gasteiger partial charge in [0.15, 0.2) is 0 Å². The van der Waals surface area contributed by atoms with Crippen molar-refractivity contribution in [3.8, 4) is 0 Å². The quantitative estimate of drug-likeness (QED) is 0.820. The summed E-state index contributed by atoms with van der Waals surface area (Å²) in [5.41, 5.74) is 0. The number of aliphatic hydroxyl groups is 1. The first-order chi connectivity index (χ1) is 8.72. The maximum absolute atomic E-state index is 12.5. The van der Waals surface area contributed by atoms with E-state index in [4.69, 9.17) is 5.11 Å². The Labute approximate surface area is 110 Å². The van der Waals surface area contributed by atoms with E-state index in [0.29, 0.717) is 0 Å². The summed E-state index contributed by atoms with van der Waals surface area (Å²) in [6, 6.07) is 0.468. The van der Waals surface area contributed by atoms with Gasteiger partial charge in [0.1, 0.15) is 0 Å². The molecule has 4 nitrogen and oxygen atoms in total. The summed E-state index contributed by atoms with van der Waals surface area (Å²) in [4.78, 5) is 16.5. The molecule has 0 aliphatic carbocycles. The zero-order valence-corrected chi connectivity index (χ0v) is 11.5. The zero-order valence-electron chi connectivity index (χ0n) is 11.5. The van der Waals surface area contributed by atoms with Gasteiger partial charge in [-0.3, -0.25) is 0 Å². The van der Waals surface area contributed by atoms with Crippen LogP contribution in [0.25, 0.3) is 0 Å². The lowest BCUT2D eigenvalue weighted by molar-refractivity contribution is 0.0926. The smallest absolute Gasteiger partial charge is 0.320 e. The van der Waals surface area contributed by atoms with Crippen molar-refractivity contribution < 1.29 is 9.90 Å². The predicted octanol–water partition coefficient (Wildman–Crippen LogP) is 2.08. The van der Waals surface area contributed by atoms with E-state index in [2.05, 4.69) is 6.92 Å². The lowest BCUT2D eigenvalue weighted by Crippen LogP contribution is -2.52. The van der Waals surface area contributed by atoms with Gasteiger partial charge in [-0.1, -0.05) is 6.92 Å². The summed E-state index contributed by atoms with van der Waals surface area (Å²) < 4.78 is 0. The van der Waals surface area contributed by atoms with Gasteiger partial charge in [-0.25, -0.2) is 4.79 Å². The molecule has 1 N–H and O–H groups in total. The second-order valence-corrected chi connectivity index (χ2v) is 5.81. The van der Waals surface area contributed by atoms with E-state index in [-0.39, 0.29) is 18.7 Å². The first-order valence-corrected chi connectivity index (χ1v) is 7.38. The third-order valence-electron chi connectivity index (χ3n) is 4.39. The number of hydrogen-bond acceptors (Lipinski definition) is 2. The molecule has 18 heavy (non-hydrogen) atoms. The summed E-state index contributed by atoms with van der Waals surface area (Å²) in [6.07, 6.45) is 6.34. The van der Waals surface area contributed by atoms with E-state index in [1.807, 2.05) is 9.80 Å². The van der Waals surface area contributed by atoms with Crippen LogP contribution in [0.3, 0.4) is 0 Å². The molecule has 2 heterocycles. The number of nitrogens with zero attached hydrogens (tertiary/aromatic N) is 2.